The van der Waals surface area contributed by atoms with E-state index in [0.717, 1.165) is 37.5 Å². The van der Waals surface area contributed by atoms with E-state index in [9.17, 15) is 0 Å². The monoisotopic (exact) mass is 361 g/mol. The third kappa shape index (κ3) is 4.03. The van der Waals surface area contributed by atoms with Gasteiger partial charge in [-0.15, -0.1) is 0 Å². The van der Waals surface area contributed by atoms with Gasteiger partial charge in [-0.05, 0) is 47.0 Å². The molecule has 3 heterocycles. The lowest BCUT2D eigenvalue weighted by atomic mass is 9.81. The Kier molecular flexibility index (Phi) is 5.86. The van der Waals surface area contributed by atoms with Gasteiger partial charge in [-0.1, -0.05) is 0 Å². The lowest BCUT2D eigenvalue weighted by molar-refractivity contribution is 0.00578. The van der Waals surface area contributed by atoms with E-state index in [2.05, 4.69) is 47.9 Å². The van der Waals surface area contributed by atoms with E-state index in [1.165, 1.54) is 12.8 Å². The molecule has 144 valence electrons. The molecule has 2 aliphatic heterocycles. The molecule has 1 aromatic rings. The molecule has 2 saturated heterocycles. The van der Waals surface area contributed by atoms with Crippen LogP contribution in [0.3, 0.4) is 0 Å². The summed E-state index contributed by atoms with van der Waals surface area (Å²) in [6.45, 7) is 11.6. The Morgan fingerprint density at radius 1 is 1.19 bits per heavy atom. The van der Waals surface area contributed by atoms with Gasteiger partial charge in [0.2, 0.25) is 5.95 Å². The van der Waals surface area contributed by atoms with Gasteiger partial charge in [0.1, 0.15) is 0 Å². The molecule has 1 atom stereocenters. The Bertz CT molecular complexity index is 580. The van der Waals surface area contributed by atoms with Crippen LogP contribution in [0.5, 0.6) is 0 Å². The number of rotatable bonds is 6. The zero-order valence-corrected chi connectivity index (χ0v) is 16.5. The largest absolute Gasteiger partial charge is 0.498 e. The molecule has 0 bridgehead atoms. The fraction of sp³-hybridized carbons (Fsp3) is 0.778. The van der Waals surface area contributed by atoms with Crippen LogP contribution in [0.15, 0.2) is 12.4 Å². The normalized spacial score (nSPS) is 24.9. The first kappa shape index (κ1) is 19.5. The second-order valence-electron chi connectivity index (χ2n) is 8.24. The molecule has 0 unspecified atom stereocenters. The number of piperidine rings is 1. The molecular weight excluding hydrogens is 329 g/mol. The van der Waals surface area contributed by atoms with Crippen LogP contribution in [0.25, 0.3) is 0 Å². The van der Waals surface area contributed by atoms with Crippen molar-refractivity contribution in [2.75, 3.05) is 31.1 Å². The van der Waals surface area contributed by atoms with E-state index in [4.69, 9.17) is 15.0 Å². The average Bonchev–Trinajstić information content (AvgIpc) is 2.83. The van der Waals surface area contributed by atoms with Gasteiger partial charge in [0.05, 0.1) is 11.2 Å². The molecule has 0 spiro atoms. The molecule has 2 fully saturated rings. The molecule has 0 amide bonds. The maximum absolute atomic E-state index is 6.08. The van der Waals surface area contributed by atoms with Crippen molar-refractivity contribution in [3.05, 3.63) is 12.4 Å². The smallest absolute Gasteiger partial charge is 0.399 e. The quantitative estimate of drug-likeness (QED) is 0.569. The highest BCUT2D eigenvalue weighted by molar-refractivity contribution is 6.61. The lowest BCUT2D eigenvalue weighted by Crippen LogP contribution is -2.47. The Morgan fingerprint density at radius 2 is 1.85 bits per heavy atom. The van der Waals surface area contributed by atoms with Gasteiger partial charge >= 0.3 is 7.12 Å². The van der Waals surface area contributed by atoms with Crippen LogP contribution in [0.4, 0.5) is 5.95 Å². The van der Waals surface area contributed by atoms with Gasteiger partial charge in [0, 0.05) is 50.1 Å². The SMILES string of the molecule is CC1(C)OB(c2cnc(N3CCCC[C@H]3CNCCN)nc2)OC1(C)C. The summed E-state index contributed by atoms with van der Waals surface area (Å²) in [4.78, 5) is 11.6. The Hall–Kier alpha value is -1.22. The zero-order valence-electron chi connectivity index (χ0n) is 16.5. The van der Waals surface area contributed by atoms with Crippen LogP contribution < -0.4 is 21.4 Å². The summed E-state index contributed by atoms with van der Waals surface area (Å²) in [6, 6.07) is 0.415. The topological polar surface area (TPSA) is 85.5 Å². The van der Waals surface area contributed by atoms with Crippen molar-refractivity contribution in [3.8, 4) is 0 Å². The second kappa shape index (κ2) is 7.80. The summed E-state index contributed by atoms with van der Waals surface area (Å²) in [5.41, 5.74) is 5.73. The molecule has 3 rings (SSSR count). The average molecular weight is 361 g/mol. The first-order valence-corrected chi connectivity index (χ1v) is 9.69. The van der Waals surface area contributed by atoms with E-state index in [1.807, 2.05) is 12.4 Å². The van der Waals surface area contributed by atoms with Crippen molar-refractivity contribution in [1.29, 1.82) is 0 Å². The van der Waals surface area contributed by atoms with Gasteiger partial charge in [0.25, 0.3) is 0 Å². The molecule has 2 aliphatic rings. The molecule has 1 aromatic heterocycles. The summed E-state index contributed by atoms with van der Waals surface area (Å²) in [7, 11) is -0.419. The number of anilines is 1. The molecule has 0 radical (unpaired) electrons. The van der Waals surface area contributed by atoms with Gasteiger partial charge in [0.15, 0.2) is 0 Å². The van der Waals surface area contributed by atoms with Gasteiger partial charge in [-0.25, -0.2) is 9.97 Å². The van der Waals surface area contributed by atoms with Crippen molar-refractivity contribution >= 4 is 18.5 Å². The molecule has 7 nitrogen and oxygen atoms in total. The standard InChI is InChI=1S/C18H32BN5O2/c1-17(2)18(3,4)26-19(25-17)14-11-22-16(23-12-14)24-10-6-5-7-15(24)13-21-9-8-20/h11-12,15,21H,5-10,13,20H2,1-4H3/t15-/m0/s1. The minimum atomic E-state index is -0.419. The van der Waals surface area contributed by atoms with E-state index in [0.29, 0.717) is 12.6 Å². The molecule has 26 heavy (non-hydrogen) atoms. The molecule has 0 aliphatic carbocycles. The van der Waals surface area contributed by atoms with Crippen LogP contribution in [-0.2, 0) is 9.31 Å². The number of hydrogen-bond acceptors (Lipinski definition) is 7. The maximum atomic E-state index is 6.08. The number of aromatic nitrogens is 2. The first-order chi connectivity index (χ1) is 12.3. The lowest BCUT2D eigenvalue weighted by Gasteiger charge is -2.36. The zero-order chi connectivity index (χ0) is 18.8. The molecule has 0 aromatic carbocycles. The summed E-state index contributed by atoms with van der Waals surface area (Å²) >= 11 is 0. The second-order valence-corrected chi connectivity index (χ2v) is 8.24. The number of nitrogens with one attached hydrogen (secondary N) is 1. The van der Waals surface area contributed by atoms with E-state index in [1.54, 1.807) is 0 Å². The van der Waals surface area contributed by atoms with Gasteiger partial charge in [-0.3, -0.25) is 0 Å². The number of nitrogens with two attached hydrogens (primary N) is 1. The Balaban J connectivity index is 1.68. The van der Waals surface area contributed by atoms with Crippen LogP contribution in [0.2, 0.25) is 0 Å². The third-order valence-corrected chi connectivity index (χ3v) is 5.77. The molecule has 0 saturated carbocycles. The van der Waals surface area contributed by atoms with Crippen molar-refractivity contribution in [3.63, 3.8) is 0 Å². The van der Waals surface area contributed by atoms with Crippen LogP contribution in [0.1, 0.15) is 47.0 Å². The maximum Gasteiger partial charge on any atom is 0.498 e. The predicted octanol–water partition coefficient (Wildman–Crippen LogP) is 0.683. The summed E-state index contributed by atoms with van der Waals surface area (Å²) < 4.78 is 12.2. The van der Waals surface area contributed by atoms with Crippen molar-refractivity contribution in [2.24, 2.45) is 5.73 Å². The number of nitrogens with zero attached hydrogens (tertiary/aromatic N) is 3. The minimum absolute atomic E-state index is 0.358. The molecule has 8 heteroatoms. The Labute approximate surface area is 157 Å². The van der Waals surface area contributed by atoms with E-state index >= 15 is 0 Å². The van der Waals surface area contributed by atoms with Crippen molar-refractivity contribution in [2.45, 2.75) is 64.2 Å². The van der Waals surface area contributed by atoms with Crippen molar-refractivity contribution in [1.82, 2.24) is 15.3 Å². The third-order valence-electron chi connectivity index (χ3n) is 5.77. The summed E-state index contributed by atoms with van der Waals surface area (Å²) in [5, 5.41) is 3.42. The highest BCUT2D eigenvalue weighted by Crippen LogP contribution is 2.36. The van der Waals surface area contributed by atoms with E-state index in [-0.39, 0.29) is 11.2 Å². The van der Waals surface area contributed by atoms with Crippen LogP contribution in [-0.4, -0.2) is 60.5 Å². The van der Waals surface area contributed by atoms with Gasteiger partial charge in [-0.2, -0.15) is 0 Å². The fourth-order valence-corrected chi connectivity index (χ4v) is 3.43. The highest BCUT2D eigenvalue weighted by atomic mass is 16.7. The van der Waals surface area contributed by atoms with Crippen LogP contribution >= 0.6 is 0 Å². The highest BCUT2D eigenvalue weighted by Gasteiger charge is 2.52. The Morgan fingerprint density at radius 3 is 2.46 bits per heavy atom. The summed E-state index contributed by atoms with van der Waals surface area (Å²) in [6.07, 6.45) is 7.25. The minimum Gasteiger partial charge on any atom is -0.399 e. The predicted molar refractivity (Wildman–Crippen MR) is 105 cm³/mol. The number of hydrogen-bond donors (Lipinski definition) is 2. The van der Waals surface area contributed by atoms with Gasteiger partial charge < -0.3 is 25.3 Å². The molecule has 3 N–H and O–H groups in total. The molecular formula is C18H32BN5O2. The first-order valence-electron chi connectivity index (χ1n) is 9.69. The fourth-order valence-electron chi connectivity index (χ4n) is 3.43. The van der Waals surface area contributed by atoms with Crippen molar-refractivity contribution < 1.29 is 9.31 Å². The van der Waals surface area contributed by atoms with Crippen LogP contribution in [0, 0.1) is 0 Å². The van der Waals surface area contributed by atoms with E-state index < -0.39 is 7.12 Å². The summed E-state index contributed by atoms with van der Waals surface area (Å²) in [5.74, 6) is 0.782.